The molecule has 0 N–H and O–H groups in total. The molecule has 0 spiro atoms. The minimum Gasteiger partial charge on any atom is -0.307 e. The van der Waals surface area contributed by atoms with Crippen molar-refractivity contribution in [3.63, 3.8) is 0 Å². The van der Waals surface area contributed by atoms with Gasteiger partial charge in [0.15, 0.2) is 5.69 Å². The highest BCUT2D eigenvalue weighted by molar-refractivity contribution is 6.32. The van der Waals surface area contributed by atoms with Crippen LogP contribution in [0.4, 0.5) is 23.2 Å². The SMILES string of the molecule is CC[C@@H](C(=O)N1CCCc2c1cnn2-c1ccc(F)cc1)n1nc(C(F)(F)F)c(Cl)c1C. The lowest BCUT2D eigenvalue weighted by Gasteiger charge is -2.30. The van der Waals surface area contributed by atoms with E-state index in [1.807, 2.05) is 0 Å². The van der Waals surface area contributed by atoms with Gasteiger partial charge in [0.2, 0.25) is 0 Å². The van der Waals surface area contributed by atoms with Gasteiger partial charge in [-0.15, -0.1) is 0 Å². The number of hydrogen-bond donors (Lipinski definition) is 0. The van der Waals surface area contributed by atoms with E-state index in [9.17, 15) is 22.4 Å². The molecule has 0 bridgehead atoms. The van der Waals surface area contributed by atoms with Crippen molar-refractivity contribution in [2.75, 3.05) is 11.4 Å². The van der Waals surface area contributed by atoms with Crippen LogP contribution >= 0.6 is 11.6 Å². The van der Waals surface area contributed by atoms with Crippen LogP contribution in [0.15, 0.2) is 30.5 Å². The number of benzene rings is 1. The quantitative estimate of drug-likeness (QED) is 0.498. The molecular formula is C21H20ClF4N5O. The van der Waals surface area contributed by atoms with Crippen molar-refractivity contribution in [3.8, 4) is 5.69 Å². The van der Waals surface area contributed by atoms with E-state index in [2.05, 4.69) is 10.2 Å². The molecule has 3 heterocycles. The first-order valence-corrected chi connectivity index (χ1v) is 10.5. The van der Waals surface area contributed by atoms with Crippen molar-refractivity contribution in [3.05, 3.63) is 58.4 Å². The van der Waals surface area contributed by atoms with Gasteiger partial charge >= 0.3 is 6.18 Å². The van der Waals surface area contributed by atoms with E-state index in [0.29, 0.717) is 30.8 Å². The minimum atomic E-state index is -4.72. The molecule has 1 aliphatic heterocycles. The van der Waals surface area contributed by atoms with Crippen molar-refractivity contribution >= 4 is 23.2 Å². The number of hydrogen-bond acceptors (Lipinski definition) is 3. The fraction of sp³-hybridized carbons (Fsp3) is 0.381. The van der Waals surface area contributed by atoms with Crippen LogP contribution in [0, 0.1) is 12.7 Å². The van der Waals surface area contributed by atoms with Crippen LogP contribution in [-0.4, -0.2) is 32.0 Å². The molecule has 1 aromatic carbocycles. The van der Waals surface area contributed by atoms with Crippen molar-refractivity contribution in [2.24, 2.45) is 0 Å². The number of alkyl halides is 3. The van der Waals surface area contributed by atoms with E-state index in [-0.39, 0.29) is 23.8 Å². The van der Waals surface area contributed by atoms with E-state index in [0.717, 1.165) is 10.4 Å². The minimum absolute atomic E-state index is 0.0819. The third-order valence-corrected chi connectivity index (χ3v) is 6.04. The molecule has 3 aromatic rings. The summed E-state index contributed by atoms with van der Waals surface area (Å²) in [5, 5.41) is 7.50. The highest BCUT2D eigenvalue weighted by Crippen LogP contribution is 2.37. The van der Waals surface area contributed by atoms with Gasteiger partial charge < -0.3 is 4.90 Å². The van der Waals surface area contributed by atoms with E-state index in [1.54, 1.807) is 29.9 Å². The maximum Gasteiger partial charge on any atom is 0.436 e. The summed E-state index contributed by atoms with van der Waals surface area (Å²) in [5.74, 6) is -0.757. The van der Waals surface area contributed by atoms with Crippen molar-refractivity contribution < 1.29 is 22.4 Å². The fourth-order valence-electron chi connectivity index (χ4n) is 4.00. The molecule has 0 fully saturated rings. The van der Waals surface area contributed by atoms with Crippen LogP contribution in [0.3, 0.4) is 0 Å². The van der Waals surface area contributed by atoms with Gasteiger partial charge in [-0.25, -0.2) is 9.07 Å². The molecule has 170 valence electrons. The smallest absolute Gasteiger partial charge is 0.307 e. The van der Waals surface area contributed by atoms with Gasteiger partial charge in [0.1, 0.15) is 11.9 Å². The van der Waals surface area contributed by atoms with Crippen LogP contribution in [0.5, 0.6) is 0 Å². The summed E-state index contributed by atoms with van der Waals surface area (Å²) in [4.78, 5) is 15.0. The predicted octanol–water partition coefficient (Wildman–Crippen LogP) is 5.12. The molecular weight excluding hydrogens is 450 g/mol. The Kier molecular flexibility index (Phi) is 5.74. The molecule has 0 aliphatic carbocycles. The number of carbonyl (C=O) groups excluding carboxylic acids is 1. The second kappa shape index (κ2) is 8.23. The standard InChI is InChI=1S/C21H20ClF4N5O/c1-3-15(30-12(2)18(22)19(28-30)21(24,25)26)20(32)29-10-4-5-16-17(29)11-27-31(16)14-8-6-13(23)7-9-14/h6-9,11,15H,3-5,10H2,1-2H3/t15-/m0/s1. The summed E-state index contributed by atoms with van der Waals surface area (Å²) in [6.07, 6.45) is -1.64. The Labute approximate surface area is 186 Å². The molecule has 2 aromatic heterocycles. The maximum atomic E-state index is 13.5. The largest absolute Gasteiger partial charge is 0.436 e. The molecule has 32 heavy (non-hydrogen) atoms. The molecule has 0 saturated heterocycles. The zero-order valence-electron chi connectivity index (χ0n) is 17.3. The number of halogens is 5. The second-order valence-corrected chi connectivity index (χ2v) is 7.95. The molecule has 1 amide bonds. The molecule has 1 aliphatic rings. The van der Waals surface area contributed by atoms with E-state index >= 15 is 0 Å². The van der Waals surface area contributed by atoms with Crippen LogP contribution in [0.25, 0.3) is 5.69 Å². The third kappa shape index (κ3) is 3.76. The van der Waals surface area contributed by atoms with Gasteiger partial charge in [-0.3, -0.25) is 9.48 Å². The van der Waals surface area contributed by atoms with Crippen LogP contribution in [-0.2, 0) is 17.4 Å². The molecule has 0 unspecified atom stereocenters. The average molecular weight is 470 g/mol. The molecule has 11 heteroatoms. The Bertz CT molecular complexity index is 1150. The number of nitrogens with zero attached hydrogens (tertiary/aromatic N) is 5. The first-order chi connectivity index (χ1) is 15.1. The van der Waals surface area contributed by atoms with E-state index < -0.39 is 22.9 Å². The lowest BCUT2D eigenvalue weighted by atomic mass is 10.1. The first-order valence-electron chi connectivity index (χ1n) is 10.1. The van der Waals surface area contributed by atoms with E-state index in [4.69, 9.17) is 11.6 Å². The average Bonchev–Trinajstić information content (AvgIpc) is 3.31. The predicted molar refractivity (Wildman–Crippen MR) is 111 cm³/mol. The normalized spacial score (nSPS) is 15.0. The number of rotatable bonds is 4. The van der Waals surface area contributed by atoms with Gasteiger partial charge in [0, 0.05) is 6.54 Å². The number of amides is 1. The summed E-state index contributed by atoms with van der Waals surface area (Å²) in [7, 11) is 0. The Morgan fingerprint density at radius 2 is 1.94 bits per heavy atom. The van der Waals surface area contributed by atoms with Gasteiger partial charge in [-0.1, -0.05) is 18.5 Å². The highest BCUT2D eigenvalue weighted by atomic mass is 35.5. The second-order valence-electron chi connectivity index (χ2n) is 7.57. The Morgan fingerprint density at radius 1 is 1.25 bits per heavy atom. The number of anilines is 1. The van der Waals surface area contributed by atoms with Crippen LogP contribution < -0.4 is 4.90 Å². The lowest BCUT2D eigenvalue weighted by Crippen LogP contribution is -2.41. The van der Waals surface area contributed by atoms with Crippen molar-refractivity contribution in [1.82, 2.24) is 19.6 Å². The van der Waals surface area contributed by atoms with Crippen LogP contribution in [0.1, 0.15) is 42.9 Å². The fourth-order valence-corrected chi connectivity index (χ4v) is 4.23. The molecule has 4 rings (SSSR count). The molecule has 0 radical (unpaired) electrons. The summed E-state index contributed by atoms with van der Waals surface area (Å²) >= 11 is 5.89. The zero-order chi connectivity index (χ0) is 23.2. The maximum absolute atomic E-state index is 13.5. The Hall–Kier alpha value is -2.88. The summed E-state index contributed by atoms with van der Waals surface area (Å²) in [5.41, 5.74) is 0.886. The Morgan fingerprint density at radius 3 is 2.53 bits per heavy atom. The molecule has 0 saturated carbocycles. The summed E-state index contributed by atoms with van der Waals surface area (Å²) in [6, 6.07) is 4.87. The Balaban J connectivity index is 1.70. The zero-order valence-corrected chi connectivity index (χ0v) is 18.1. The first kappa shape index (κ1) is 22.3. The number of aromatic nitrogens is 4. The van der Waals surface area contributed by atoms with Gasteiger partial charge in [0.25, 0.3) is 5.91 Å². The lowest BCUT2D eigenvalue weighted by molar-refractivity contribution is -0.141. The van der Waals surface area contributed by atoms with Gasteiger partial charge in [0.05, 0.1) is 34.0 Å². The van der Waals surface area contributed by atoms with Crippen molar-refractivity contribution in [2.45, 2.75) is 45.3 Å². The highest BCUT2D eigenvalue weighted by Gasteiger charge is 2.40. The van der Waals surface area contributed by atoms with Gasteiger partial charge in [-0.05, 0) is 50.5 Å². The number of carbonyl (C=O) groups is 1. The monoisotopic (exact) mass is 469 g/mol. The van der Waals surface area contributed by atoms with E-state index in [1.165, 1.54) is 24.0 Å². The summed E-state index contributed by atoms with van der Waals surface area (Å²) < 4.78 is 55.8. The van der Waals surface area contributed by atoms with Crippen molar-refractivity contribution in [1.29, 1.82) is 0 Å². The molecule has 6 nitrogen and oxygen atoms in total. The number of fused-ring (bicyclic) bond motifs is 1. The van der Waals surface area contributed by atoms with Gasteiger partial charge in [-0.2, -0.15) is 23.4 Å². The topological polar surface area (TPSA) is 56.0 Å². The summed E-state index contributed by atoms with van der Waals surface area (Å²) in [6.45, 7) is 3.52. The third-order valence-electron chi connectivity index (χ3n) is 5.58. The molecule has 1 atom stereocenters. The van der Waals surface area contributed by atoms with Crippen LogP contribution in [0.2, 0.25) is 5.02 Å².